The van der Waals surface area contributed by atoms with Crippen molar-refractivity contribution in [1.29, 1.82) is 0 Å². The Kier molecular flexibility index (Phi) is 3.48. The van der Waals surface area contributed by atoms with E-state index in [0.717, 1.165) is 22.7 Å². The van der Waals surface area contributed by atoms with Crippen molar-refractivity contribution in [2.24, 2.45) is 0 Å². The molecule has 1 aromatic heterocycles. The molecular formula is C18H18N2O. The minimum atomic E-state index is 0.841. The summed E-state index contributed by atoms with van der Waals surface area (Å²) >= 11 is 0. The Morgan fingerprint density at radius 2 is 1.76 bits per heavy atom. The second-order valence-corrected chi connectivity index (χ2v) is 5.24. The van der Waals surface area contributed by atoms with Crippen LogP contribution < -0.4 is 4.74 Å². The fraction of sp³-hybridized carbons (Fsp3) is 0.167. The number of rotatable bonds is 3. The molecular weight excluding hydrogens is 260 g/mol. The van der Waals surface area contributed by atoms with Crippen LogP contribution in [0.15, 0.2) is 55.0 Å². The van der Waals surface area contributed by atoms with Crippen LogP contribution in [0.2, 0.25) is 0 Å². The summed E-state index contributed by atoms with van der Waals surface area (Å²) in [5.74, 6) is 0.841. The molecule has 0 atom stereocenters. The molecule has 3 aromatic rings. The minimum Gasteiger partial charge on any atom is -0.497 e. The maximum Gasteiger partial charge on any atom is 0.119 e. The summed E-state index contributed by atoms with van der Waals surface area (Å²) in [7, 11) is 1.67. The Morgan fingerprint density at radius 3 is 2.48 bits per heavy atom. The van der Waals surface area contributed by atoms with Crippen molar-refractivity contribution in [1.82, 2.24) is 9.55 Å². The van der Waals surface area contributed by atoms with Gasteiger partial charge in [0.2, 0.25) is 0 Å². The van der Waals surface area contributed by atoms with Gasteiger partial charge in [-0.05, 0) is 49.2 Å². The van der Waals surface area contributed by atoms with E-state index in [1.807, 2.05) is 36.8 Å². The number of benzene rings is 2. The van der Waals surface area contributed by atoms with Crippen molar-refractivity contribution in [3.8, 4) is 22.7 Å². The van der Waals surface area contributed by atoms with Gasteiger partial charge in [0.15, 0.2) is 0 Å². The second-order valence-electron chi connectivity index (χ2n) is 5.24. The van der Waals surface area contributed by atoms with Crippen molar-refractivity contribution in [3.63, 3.8) is 0 Å². The Labute approximate surface area is 124 Å². The number of ether oxygens (including phenoxy) is 1. The number of hydrogen-bond donors (Lipinski definition) is 0. The minimum absolute atomic E-state index is 0.841. The largest absolute Gasteiger partial charge is 0.497 e. The Balaban J connectivity index is 1.99. The van der Waals surface area contributed by atoms with Crippen LogP contribution in [0.3, 0.4) is 0 Å². The molecule has 21 heavy (non-hydrogen) atoms. The van der Waals surface area contributed by atoms with Crippen LogP contribution in [0.4, 0.5) is 0 Å². The summed E-state index contributed by atoms with van der Waals surface area (Å²) in [5, 5.41) is 0. The molecule has 0 aliphatic carbocycles. The summed E-state index contributed by atoms with van der Waals surface area (Å²) in [6, 6.07) is 14.4. The third-order valence-corrected chi connectivity index (χ3v) is 3.45. The van der Waals surface area contributed by atoms with E-state index in [4.69, 9.17) is 4.74 Å². The fourth-order valence-electron chi connectivity index (χ4n) is 2.50. The molecule has 3 rings (SSSR count). The lowest BCUT2D eigenvalue weighted by Crippen LogP contribution is -1.91. The zero-order valence-electron chi connectivity index (χ0n) is 12.5. The molecule has 0 aliphatic rings. The number of imidazole rings is 1. The molecule has 0 radical (unpaired) electrons. The summed E-state index contributed by atoms with van der Waals surface area (Å²) < 4.78 is 7.32. The van der Waals surface area contributed by atoms with E-state index in [0.29, 0.717) is 0 Å². The first kappa shape index (κ1) is 13.4. The molecule has 1 heterocycles. The predicted molar refractivity (Wildman–Crippen MR) is 85.0 cm³/mol. The first-order valence-corrected chi connectivity index (χ1v) is 6.93. The molecule has 0 saturated carbocycles. The van der Waals surface area contributed by atoms with Crippen LogP contribution in [0.25, 0.3) is 16.9 Å². The third kappa shape index (κ3) is 2.82. The topological polar surface area (TPSA) is 27.1 Å². The molecule has 0 amide bonds. The smallest absolute Gasteiger partial charge is 0.119 e. The quantitative estimate of drug-likeness (QED) is 0.719. The van der Waals surface area contributed by atoms with Crippen molar-refractivity contribution in [2.75, 3.05) is 7.11 Å². The first-order chi connectivity index (χ1) is 10.2. The van der Waals surface area contributed by atoms with Crippen LogP contribution in [0, 0.1) is 13.8 Å². The molecule has 106 valence electrons. The van der Waals surface area contributed by atoms with Crippen molar-refractivity contribution >= 4 is 0 Å². The zero-order chi connectivity index (χ0) is 14.8. The lowest BCUT2D eigenvalue weighted by atomic mass is 10.1. The van der Waals surface area contributed by atoms with E-state index in [1.165, 1.54) is 11.1 Å². The van der Waals surface area contributed by atoms with E-state index in [-0.39, 0.29) is 0 Å². The van der Waals surface area contributed by atoms with Crippen LogP contribution in [0.1, 0.15) is 11.1 Å². The maximum absolute atomic E-state index is 5.26. The van der Waals surface area contributed by atoms with E-state index in [9.17, 15) is 0 Å². The molecule has 0 N–H and O–H groups in total. The van der Waals surface area contributed by atoms with Gasteiger partial charge in [-0.3, -0.25) is 0 Å². The van der Waals surface area contributed by atoms with E-state index in [1.54, 1.807) is 7.11 Å². The number of aryl methyl sites for hydroxylation is 2. The summed E-state index contributed by atoms with van der Waals surface area (Å²) in [6.07, 6.45) is 3.89. The van der Waals surface area contributed by atoms with Gasteiger partial charge in [0, 0.05) is 17.4 Å². The van der Waals surface area contributed by atoms with Gasteiger partial charge in [-0.25, -0.2) is 4.98 Å². The highest BCUT2D eigenvalue weighted by Gasteiger charge is 2.05. The van der Waals surface area contributed by atoms with Gasteiger partial charge in [-0.2, -0.15) is 0 Å². The number of hydrogen-bond acceptors (Lipinski definition) is 2. The molecule has 0 fully saturated rings. The average Bonchev–Trinajstić information content (AvgIpc) is 2.96. The summed E-state index contributed by atoms with van der Waals surface area (Å²) in [6.45, 7) is 4.22. The van der Waals surface area contributed by atoms with E-state index in [2.05, 4.69) is 41.6 Å². The monoisotopic (exact) mass is 278 g/mol. The number of nitrogens with zero attached hydrogens (tertiary/aromatic N) is 2. The second kappa shape index (κ2) is 5.44. The van der Waals surface area contributed by atoms with Gasteiger partial charge in [-0.15, -0.1) is 0 Å². The summed E-state index contributed by atoms with van der Waals surface area (Å²) in [5.41, 5.74) is 5.63. The van der Waals surface area contributed by atoms with Gasteiger partial charge in [0.1, 0.15) is 5.75 Å². The SMILES string of the molecule is COc1cccc(-c2cn(-c3cc(C)cc(C)c3)cn2)c1. The Hall–Kier alpha value is -2.55. The van der Waals surface area contributed by atoms with Crippen LogP contribution in [0.5, 0.6) is 5.75 Å². The van der Waals surface area contributed by atoms with Crippen molar-refractivity contribution < 1.29 is 4.74 Å². The van der Waals surface area contributed by atoms with E-state index < -0.39 is 0 Å². The molecule has 0 spiro atoms. The normalized spacial score (nSPS) is 10.6. The van der Waals surface area contributed by atoms with Crippen molar-refractivity contribution in [2.45, 2.75) is 13.8 Å². The lowest BCUT2D eigenvalue weighted by Gasteiger charge is -2.05. The Bertz CT molecular complexity index is 754. The van der Waals surface area contributed by atoms with Gasteiger partial charge in [0.05, 0.1) is 19.1 Å². The highest BCUT2D eigenvalue weighted by molar-refractivity contribution is 5.61. The first-order valence-electron chi connectivity index (χ1n) is 6.93. The zero-order valence-corrected chi connectivity index (χ0v) is 12.5. The standard InChI is InChI=1S/C18H18N2O/c1-13-7-14(2)9-16(8-13)20-11-18(19-12-20)15-5-4-6-17(10-15)21-3/h4-12H,1-3H3. The summed E-state index contributed by atoms with van der Waals surface area (Å²) in [4.78, 5) is 4.50. The van der Waals surface area contributed by atoms with Crippen LogP contribution in [-0.4, -0.2) is 16.7 Å². The van der Waals surface area contributed by atoms with Crippen LogP contribution in [-0.2, 0) is 0 Å². The number of aromatic nitrogens is 2. The van der Waals surface area contributed by atoms with Crippen LogP contribution >= 0.6 is 0 Å². The molecule has 0 aliphatic heterocycles. The molecule has 2 aromatic carbocycles. The molecule has 0 bridgehead atoms. The van der Waals surface area contributed by atoms with Gasteiger partial charge in [-0.1, -0.05) is 18.2 Å². The van der Waals surface area contributed by atoms with Gasteiger partial charge in [0.25, 0.3) is 0 Å². The predicted octanol–water partition coefficient (Wildman–Crippen LogP) is 4.16. The number of methoxy groups -OCH3 is 1. The average molecular weight is 278 g/mol. The van der Waals surface area contributed by atoms with Gasteiger partial charge >= 0.3 is 0 Å². The molecule has 3 heteroatoms. The molecule has 0 saturated heterocycles. The molecule has 0 unspecified atom stereocenters. The molecule has 3 nitrogen and oxygen atoms in total. The maximum atomic E-state index is 5.26. The highest BCUT2D eigenvalue weighted by Crippen LogP contribution is 2.23. The van der Waals surface area contributed by atoms with Crippen molar-refractivity contribution in [3.05, 3.63) is 66.1 Å². The lowest BCUT2D eigenvalue weighted by molar-refractivity contribution is 0.415. The van der Waals surface area contributed by atoms with Gasteiger partial charge < -0.3 is 9.30 Å². The third-order valence-electron chi connectivity index (χ3n) is 3.45. The fourth-order valence-corrected chi connectivity index (χ4v) is 2.50. The van der Waals surface area contributed by atoms with E-state index >= 15 is 0 Å². The Morgan fingerprint density at radius 1 is 1.00 bits per heavy atom. The highest BCUT2D eigenvalue weighted by atomic mass is 16.5.